The van der Waals surface area contributed by atoms with Crippen molar-refractivity contribution in [3.8, 4) is 5.75 Å². The highest BCUT2D eigenvalue weighted by atomic mass is 19.4. The van der Waals surface area contributed by atoms with Crippen molar-refractivity contribution in [3.63, 3.8) is 0 Å². The van der Waals surface area contributed by atoms with Gasteiger partial charge in [0.25, 0.3) is 0 Å². The largest absolute Gasteiger partial charge is 0.492 e. The number of halogens is 3. The standard InChI is InChI=1S/C23H24F3N3O2/c1-28(2)14-8-13-22(16-9-4-3-5-10-16)18-15-31-19-12-7-6-11-17(19)20(18)27-29(22)21(30)23(24,25)26/h3-7,9-12,18H,8,13-15H2,1-2H3/t18-,22+/m0/s1. The summed E-state index contributed by atoms with van der Waals surface area (Å²) in [5.74, 6) is -1.91. The normalized spacial score (nSPS) is 22.6. The third-order valence-corrected chi connectivity index (χ3v) is 5.93. The maximum Gasteiger partial charge on any atom is 0.473 e. The van der Waals surface area contributed by atoms with Gasteiger partial charge in [-0.1, -0.05) is 42.5 Å². The smallest absolute Gasteiger partial charge is 0.473 e. The molecule has 31 heavy (non-hydrogen) atoms. The van der Waals surface area contributed by atoms with E-state index < -0.39 is 23.5 Å². The lowest BCUT2D eigenvalue weighted by atomic mass is 9.71. The van der Waals surface area contributed by atoms with Crippen molar-refractivity contribution < 1.29 is 22.7 Å². The SMILES string of the molecule is CN(C)CCC[C@@]1(c2ccccc2)[C@H]2COc3ccccc3C2=NN1C(=O)C(F)(F)F. The van der Waals surface area contributed by atoms with Gasteiger partial charge in [0.1, 0.15) is 11.3 Å². The fourth-order valence-corrected chi connectivity index (χ4v) is 4.56. The minimum Gasteiger partial charge on any atom is -0.492 e. The summed E-state index contributed by atoms with van der Waals surface area (Å²) in [5.41, 5.74) is 0.433. The van der Waals surface area contributed by atoms with Gasteiger partial charge in [0.15, 0.2) is 0 Å². The summed E-state index contributed by atoms with van der Waals surface area (Å²) in [7, 11) is 3.81. The molecule has 2 heterocycles. The number of benzene rings is 2. The van der Waals surface area contributed by atoms with Crippen LogP contribution >= 0.6 is 0 Å². The maximum absolute atomic E-state index is 13.7. The highest BCUT2D eigenvalue weighted by molar-refractivity contribution is 6.08. The lowest BCUT2D eigenvalue weighted by Crippen LogP contribution is -2.54. The minimum atomic E-state index is -5.04. The zero-order chi connectivity index (χ0) is 22.2. The molecule has 4 rings (SSSR count). The summed E-state index contributed by atoms with van der Waals surface area (Å²) in [6.07, 6.45) is -4.13. The summed E-state index contributed by atoms with van der Waals surface area (Å²) < 4.78 is 47.0. The molecule has 0 saturated carbocycles. The van der Waals surface area contributed by atoms with E-state index in [2.05, 4.69) is 5.10 Å². The number of carbonyl (C=O) groups is 1. The first kappa shape index (κ1) is 21.4. The molecule has 0 fully saturated rings. The lowest BCUT2D eigenvalue weighted by Gasteiger charge is -2.42. The Balaban J connectivity index is 1.89. The summed E-state index contributed by atoms with van der Waals surface area (Å²) >= 11 is 0. The van der Waals surface area contributed by atoms with Crippen LogP contribution in [0.2, 0.25) is 0 Å². The summed E-state index contributed by atoms with van der Waals surface area (Å²) in [4.78, 5) is 14.6. The van der Waals surface area contributed by atoms with Gasteiger partial charge >= 0.3 is 12.1 Å². The van der Waals surface area contributed by atoms with Crippen LogP contribution in [-0.4, -0.2) is 55.0 Å². The first-order valence-electron chi connectivity index (χ1n) is 10.2. The quantitative estimate of drug-likeness (QED) is 0.718. The van der Waals surface area contributed by atoms with Crippen molar-refractivity contribution >= 4 is 11.6 Å². The fourth-order valence-electron chi connectivity index (χ4n) is 4.56. The fraction of sp³-hybridized carbons (Fsp3) is 0.391. The molecular weight excluding hydrogens is 407 g/mol. The zero-order valence-electron chi connectivity index (χ0n) is 17.4. The number of amides is 1. The van der Waals surface area contributed by atoms with Crippen LogP contribution in [0.25, 0.3) is 0 Å². The molecule has 0 bridgehead atoms. The number of fused-ring (bicyclic) bond motifs is 3. The van der Waals surface area contributed by atoms with Gasteiger partial charge in [-0.05, 0) is 51.2 Å². The number of hydrazone groups is 1. The molecule has 0 aromatic heterocycles. The van der Waals surface area contributed by atoms with E-state index in [9.17, 15) is 18.0 Å². The van der Waals surface area contributed by atoms with Gasteiger partial charge in [-0.25, -0.2) is 5.01 Å². The van der Waals surface area contributed by atoms with Crippen molar-refractivity contribution in [3.05, 3.63) is 65.7 Å². The predicted octanol–water partition coefficient (Wildman–Crippen LogP) is 4.04. The molecule has 5 nitrogen and oxygen atoms in total. The Kier molecular flexibility index (Phi) is 5.51. The van der Waals surface area contributed by atoms with Gasteiger partial charge in [0.2, 0.25) is 0 Å². The van der Waals surface area contributed by atoms with Crippen molar-refractivity contribution in [2.24, 2.45) is 11.0 Å². The molecule has 0 unspecified atom stereocenters. The van der Waals surface area contributed by atoms with Crippen LogP contribution < -0.4 is 4.74 Å². The average Bonchev–Trinajstić information content (AvgIpc) is 3.08. The molecule has 0 saturated heterocycles. The van der Waals surface area contributed by atoms with Crippen LogP contribution in [0, 0.1) is 5.92 Å². The van der Waals surface area contributed by atoms with Gasteiger partial charge in [0.05, 0.1) is 18.2 Å². The van der Waals surface area contributed by atoms with Crippen LogP contribution in [0.1, 0.15) is 24.0 Å². The van der Waals surface area contributed by atoms with E-state index in [1.165, 1.54) is 0 Å². The maximum atomic E-state index is 13.7. The van der Waals surface area contributed by atoms with Gasteiger partial charge in [0, 0.05) is 5.56 Å². The number of hydrogen-bond donors (Lipinski definition) is 0. The molecule has 0 aliphatic carbocycles. The number of nitrogens with zero attached hydrogens (tertiary/aromatic N) is 3. The molecule has 1 amide bonds. The van der Waals surface area contributed by atoms with E-state index in [-0.39, 0.29) is 6.61 Å². The molecule has 164 valence electrons. The number of rotatable bonds is 5. The Morgan fingerprint density at radius 3 is 2.52 bits per heavy atom. The van der Waals surface area contributed by atoms with Gasteiger partial charge < -0.3 is 9.64 Å². The second kappa shape index (κ2) is 8.00. The van der Waals surface area contributed by atoms with E-state index in [1.54, 1.807) is 54.6 Å². The Bertz CT molecular complexity index is 991. The third kappa shape index (κ3) is 3.69. The van der Waals surface area contributed by atoms with Crippen LogP contribution in [0.15, 0.2) is 59.7 Å². The van der Waals surface area contributed by atoms with E-state index in [0.29, 0.717) is 47.0 Å². The van der Waals surface area contributed by atoms with E-state index in [1.807, 2.05) is 19.0 Å². The van der Waals surface area contributed by atoms with Crippen molar-refractivity contribution in [2.75, 3.05) is 27.2 Å². The molecule has 0 radical (unpaired) electrons. The second-order valence-electron chi connectivity index (χ2n) is 8.16. The van der Waals surface area contributed by atoms with E-state index in [4.69, 9.17) is 4.74 Å². The van der Waals surface area contributed by atoms with Gasteiger partial charge in [-0.2, -0.15) is 18.3 Å². The Morgan fingerprint density at radius 2 is 1.84 bits per heavy atom. The molecule has 2 aliphatic rings. The first-order valence-corrected chi connectivity index (χ1v) is 10.2. The number of hydrogen-bond acceptors (Lipinski definition) is 4. The van der Waals surface area contributed by atoms with Crippen LogP contribution in [0.4, 0.5) is 13.2 Å². The highest BCUT2D eigenvalue weighted by Crippen LogP contribution is 2.50. The van der Waals surface area contributed by atoms with Gasteiger partial charge in [-0.15, -0.1) is 0 Å². The average molecular weight is 431 g/mol. The minimum absolute atomic E-state index is 0.147. The predicted molar refractivity (Wildman–Crippen MR) is 111 cm³/mol. The van der Waals surface area contributed by atoms with Gasteiger partial charge in [-0.3, -0.25) is 4.79 Å². The zero-order valence-corrected chi connectivity index (χ0v) is 17.4. The van der Waals surface area contributed by atoms with Crippen LogP contribution in [0.5, 0.6) is 5.75 Å². The Hall–Kier alpha value is -2.87. The molecule has 2 aliphatic heterocycles. The molecule has 8 heteroatoms. The third-order valence-electron chi connectivity index (χ3n) is 5.93. The van der Waals surface area contributed by atoms with Crippen LogP contribution in [0.3, 0.4) is 0 Å². The van der Waals surface area contributed by atoms with Crippen molar-refractivity contribution in [1.29, 1.82) is 0 Å². The second-order valence-corrected chi connectivity index (χ2v) is 8.16. The van der Waals surface area contributed by atoms with E-state index in [0.717, 1.165) is 0 Å². The molecule has 0 spiro atoms. The number of carbonyl (C=O) groups excluding carboxylic acids is 1. The Labute approximate surface area is 179 Å². The topological polar surface area (TPSA) is 45.1 Å². The summed E-state index contributed by atoms with van der Waals surface area (Å²) in [5, 5.41) is 5.02. The Morgan fingerprint density at radius 1 is 1.16 bits per heavy atom. The first-order chi connectivity index (χ1) is 14.7. The highest BCUT2D eigenvalue weighted by Gasteiger charge is 2.60. The number of para-hydroxylation sites is 1. The van der Waals surface area contributed by atoms with Crippen molar-refractivity contribution in [2.45, 2.75) is 24.6 Å². The van der Waals surface area contributed by atoms with Crippen LogP contribution in [-0.2, 0) is 10.3 Å². The van der Waals surface area contributed by atoms with E-state index >= 15 is 0 Å². The molecule has 2 aromatic carbocycles. The lowest BCUT2D eigenvalue weighted by molar-refractivity contribution is -0.193. The number of alkyl halides is 3. The summed E-state index contributed by atoms with van der Waals surface area (Å²) in [6.45, 7) is 0.816. The summed E-state index contributed by atoms with van der Waals surface area (Å²) in [6, 6.07) is 16.0. The molecule has 2 aromatic rings. The molecular formula is C23H24F3N3O2. The molecule has 2 atom stereocenters. The molecule has 0 N–H and O–H groups in total. The van der Waals surface area contributed by atoms with Crippen molar-refractivity contribution in [1.82, 2.24) is 9.91 Å². The monoisotopic (exact) mass is 431 g/mol. The number of ether oxygens (including phenoxy) is 1.